The normalized spacial score (nSPS) is 9.89. The number of rotatable bonds is 5. The van der Waals surface area contributed by atoms with Crippen LogP contribution in [0.2, 0.25) is 5.02 Å². The maximum absolute atomic E-state index is 11.4. The Bertz CT molecular complexity index is 449. The van der Waals surface area contributed by atoms with Crippen molar-refractivity contribution in [3.05, 3.63) is 28.8 Å². The van der Waals surface area contributed by atoms with Gasteiger partial charge in [-0.05, 0) is 24.6 Å². The second-order valence-corrected chi connectivity index (χ2v) is 4.14. The zero-order chi connectivity index (χ0) is 13.5. The van der Waals surface area contributed by atoms with E-state index in [2.05, 4.69) is 10.6 Å². The van der Waals surface area contributed by atoms with Crippen LogP contribution in [0.3, 0.4) is 0 Å². The summed E-state index contributed by atoms with van der Waals surface area (Å²) in [6.45, 7) is 2.63. The molecule has 0 atom stereocenters. The smallest absolute Gasteiger partial charge is 0.337 e. The highest BCUT2D eigenvalue weighted by Gasteiger charge is 2.09. The number of carboxylic acids is 1. The van der Waals surface area contributed by atoms with Crippen LogP contribution in [0.15, 0.2) is 18.2 Å². The molecule has 0 aliphatic carbocycles. The summed E-state index contributed by atoms with van der Waals surface area (Å²) in [6, 6.07) is 3.92. The van der Waals surface area contributed by atoms with Crippen molar-refractivity contribution in [1.82, 2.24) is 5.32 Å². The van der Waals surface area contributed by atoms with Gasteiger partial charge in [-0.25, -0.2) is 9.59 Å². The summed E-state index contributed by atoms with van der Waals surface area (Å²) in [5.74, 6) is -1.10. The Kier molecular flexibility index (Phi) is 5.45. The molecule has 1 aromatic rings. The number of unbranched alkanes of at least 4 members (excludes halogenated alkanes) is 1. The highest BCUT2D eigenvalue weighted by molar-refractivity contribution is 6.33. The van der Waals surface area contributed by atoms with Crippen molar-refractivity contribution in [2.24, 2.45) is 0 Å². The molecule has 0 saturated heterocycles. The maximum Gasteiger partial charge on any atom is 0.337 e. The van der Waals surface area contributed by atoms with Crippen LogP contribution in [-0.4, -0.2) is 23.7 Å². The van der Waals surface area contributed by atoms with E-state index in [4.69, 9.17) is 16.7 Å². The van der Waals surface area contributed by atoms with Crippen LogP contribution in [-0.2, 0) is 0 Å². The van der Waals surface area contributed by atoms with Gasteiger partial charge in [-0.2, -0.15) is 0 Å². The summed E-state index contributed by atoms with van der Waals surface area (Å²) >= 11 is 5.78. The number of halogens is 1. The number of carbonyl (C=O) groups is 2. The van der Waals surface area contributed by atoms with Crippen molar-refractivity contribution in [2.75, 3.05) is 11.9 Å². The van der Waals surface area contributed by atoms with Gasteiger partial charge in [0.05, 0.1) is 10.6 Å². The summed E-state index contributed by atoms with van der Waals surface area (Å²) in [5, 5.41) is 14.1. The fourth-order valence-electron chi connectivity index (χ4n) is 1.32. The third-order valence-electron chi connectivity index (χ3n) is 2.27. The highest BCUT2D eigenvalue weighted by atomic mass is 35.5. The minimum absolute atomic E-state index is 0.00797. The summed E-state index contributed by atoms with van der Waals surface area (Å²) in [7, 11) is 0. The number of carboxylic acid groups (broad SMARTS) is 1. The van der Waals surface area contributed by atoms with Crippen molar-refractivity contribution < 1.29 is 14.7 Å². The summed E-state index contributed by atoms with van der Waals surface area (Å²) in [4.78, 5) is 22.2. The number of urea groups is 1. The van der Waals surface area contributed by atoms with Gasteiger partial charge in [0.1, 0.15) is 0 Å². The fourth-order valence-corrected chi connectivity index (χ4v) is 1.58. The third-order valence-corrected chi connectivity index (χ3v) is 2.59. The summed E-state index contributed by atoms with van der Waals surface area (Å²) in [6.07, 6.45) is 1.91. The molecular weight excluding hydrogens is 256 g/mol. The molecule has 0 radical (unpaired) electrons. The first-order valence-corrected chi connectivity index (χ1v) is 6.00. The van der Waals surface area contributed by atoms with E-state index >= 15 is 0 Å². The Hall–Kier alpha value is -1.75. The average molecular weight is 271 g/mol. The molecule has 6 heteroatoms. The Labute approximate surface area is 110 Å². The molecule has 5 nitrogen and oxygen atoms in total. The van der Waals surface area contributed by atoms with Crippen LogP contribution >= 0.6 is 11.6 Å². The first-order valence-electron chi connectivity index (χ1n) is 5.62. The molecular formula is C12H15ClN2O3. The molecule has 1 rings (SSSR count). The van der Waals surface area contributed by atoms with Crippen LogP contribution in [0.25, 0.3) is 0 Å². The minimum Gasteiger partial charge on any atom is -0.478 e. The van der Waals surface area contributed by atoms with Gasteiger partial charge < -0.3 is 15.7 Å². The van der Waals surface area contributed by atoms with Gasteiger partial charge in [0.2, 0.25) is 0 Å². The molecule has 0 spiro atoms. The van der Waals surface area contributed by atoms with Crippen LogP contribution in [0.1, 0.15) is 30.1 Å². The van der Waals surface area contributed by atoms with Crippen LogP contribution in [0, 0.1) is 0 Å². The Morgan fingerprint density at radius 2 is 2.11 bits per heavy atom. The summed E-state index contributed by atoms with van der Waals surface area (Å²) < 4.78 is 0. The average Bonchev–Trinajstić information content (AvgIpc) is 2.28. The van der Waals surface area contributed by atoms with Gasteiger partial charge in [-0.15, -0.1) is 0 Å². The Balaban J connectivity index is 2.60. The number of amides is 2. The van der Waals surface area contributed by atoms with Gasteiger partial charge in [0.15, 0.2) is 0 Å². The van der Waals surface area contributed by atoms with Crippen LogP contribution < -0.4 is 10.6 Å². The molecule has 2 amide bonds. The van der Waals surface area contributed by atoms with Gasteiger partial charge in [-0.3, -0.25) is 0 Å². The van der Waals surface area contributed by atoms with Crippen molar-refractivity contribution in [3.8, 4) is 0 Å². The summed E-state index contributed by atoms with van der Waals surface area (Å²) in [5.41, 5.74) is 0.465. The lowest BCUT2D eigenvalue weighted by Crippen LogP contribution is -2.29. The molecule has 98 valence electrons. The van der Waals surface area contributed by atoms with Crippen molar-refractivity contribution in [1.29, 1.82) is 0 Å². The molecule has 0 saturated carbocycles. The van der Waals surface area contributed by atoms with Crippen LogP contribution in [0.4, 0.5) is 10.5 Å². The lowest BCUT2D eigenvalue weighted by molar-refractivity contribution is 0.0697. The number of hydrogen-bond acceptors (Lipinski definition) is 2. The van der Waals surface area contributed by atoms with Crippen molar-refractivity contribution in [2.45, 2.75) is 19.8 Å². The van der Waals surface area contributed by atoms with E-state index < -0.39 is 5.97 Å². The molecule has 0 aromatic heterocycles. The number of hydrogen-bond donors (Lipinski definition) is 3. The zero-order valence-electron chi connectivity index (χ0n) is 10.00. The molecule has 0 aliphatic rings. The number of aromatic carboxylic acids is 1. The van der Waals surface area contributed by atoms with E-state index in [0.29, 0.717) is 12.2 Å². The highest BCUT2D eigenvalue weighted by Crippen LogP contribution is 2.20. The predicted molar refractivity (Wildman–Crippen MR) is 70.3 cm³/mol. The van der Waals surface area contributed by atoms with Crippen molar-refractivity contribution >= 4 is 29.3 Å². The SMILES string of the molecule is CCCCNC(=O)Nc1ccc(C(=O)O)c(Cl)c1. The maximum atomic E-state index is 11.4. The second-order valence-electron chi connectivity index (χ2n) is 3.73. The number of carbonyl (C=O) groups excluding carboxylic acids is 1. The monoisotopic (exact) mass is 270 g/mol. The molecule has 0 fully saturated rings. The third kappa shape index (κ3) is 4.25. The van der Waals surface area contributed by atoms with E-state index in [1.807, 2.05) is 6.92 Å². The van der Waals surface area contributed by atoms with Gasteiger partial charge in [0, 0.05) is 12.2 Å². The first-order chi connectivity index (χ1) is 8.54. The lowest BCUT2D eigenvalue weighted by Gasteiger charge is -2.08. The topological polar surface area (TPSA) is 78.4 Å². The standard InChI is InChI=1S/C12H15ClN2O3/c1-2-3-6-14-12(18)15-8-4-5-9(11(16)17)10(13)7-8/h4-5,7H,2-3,6H2,1H3,(H,16,17)(H2,14,15,18). The zero-order valence-corrected chi connectivity index (χ0v) is 10.8. The predicted octanol–water partition coefficient (Wildman–Crippen LogP) is 2.96. The Morgan fingerprint density at radius 3 is 2.67 bits per heavy atom. The quantitative estimate of drug-likeness (QED) is 0.720. The van der Waals surface area contributed by atoms with Gasteiger partial charge >= 0.3 is 12.0 Å². The van der Waals surface area contributed by atoms with E-state index in [-0.39, 0.29) is 16.6 Å². The largest absolute Gasteiger partial charge is 0.478 e. The molecule has 3 N–H and O–H groups in total. The number of anilines is 1. The second kappa shape index (κ2) is 6.86. The van der Waals surface area contributed by atoms with Crippen LogP contribution in [0.5, 0.6) is 0 Å². The van der Waals surface area contributed by atoms with Gasteiger partial charge in [0.25, 0.3) is 0 Å². The number of nitrogens with one attached hydrogen (secondary N) is 2. The molecule has 1 aromatic carbocycles. The van der Waals surface area contributed by atoms with E-state index in [1.165, 1.54) is 18.2 Å². The Morgan fingerprint density at radius 1 is 1.39 bits per heavy atom. The minimum atomic E-state index is -1.10. The van der Waals surface area contributed by atoms with Gasteiger partial charge in [-0.1, -0.05) is 24.9 Å². The molecule has 0 heterocycles. The fraction of sp³-hybridized carbons (Fsp3) is 0.333. The van der Waals surface area contributed by atoms with E-state index in [0.717, 1.165) is 12.8 Å². The molecule has 0 aliphatic heterocycles. The van der Waals surface area contributed by atoms with Crippen molar-refractivity contribution in [3.63, 3.8) is 0 Å². The molecule has 0 bridgehead atoms. The molecule has 0 unspecified atom stereocenters. The molecule has 18 heavy (non-hydrogen) atoms. The van der Waals surface area contributed by atoms with E-state index in [9.17, 15) is 9.59 Å². The van der Waals surface area contributed by atoms with E-state index in [1.54, 1.807) is 0 Å². The lowest BCUT2D eigenvalue weighted by atomic mass is 10.2. The number of benzene rings is 1. The first kappa shape index (κ1) is 14.3.